The van der Waals surface area contributed by atoms with Crippen LogP contribution in [-0.4, -0.2) is 35.9 Å². The molecule has 0 bridgehead atoms. The van der Waals surface area contributed by atoms with Gasteiger partial charge < -0.3 is 9.84 Å². The third kappa shape index (κ3) is 2.55. The Morgan fingerprint density at radius 2 is 2.06 bits per heavy atom. The van der Waals surface area contributed by atoms with Crippen molar-refractivity contribution in [3.63, 3.8) is 0 Å². The van der Waals surface area contributed by atoms with Crippen molar-refractivity contribution in [2.24, 2.45) is 11.8 Å². The highest BCUT2D eigenvalue weighted by atomic mass is 16.5. The summed E-state index contributed by atoms with van der Waals surface area (Å²) in [4.78, 5) is 11.1. The Kier molecular flexibility index (Phi) is 3.50. The third-order valence-corrected chi connectivity index (χ3v) is 3.55. The summed E-state index contributed by atoms with van der Waals surface area (Å²) < 4.78 is 5.69. The van der Waals surface area contributed by atoms with Crippen molar-refractivity contribution in [3.05, 3.63) is 0 Å². The first-order valence-electron chi connectivity index (χ1n) is 6.20. The van der Waals surface area contributed by atoms with Gasteiger partial charge in [0.25, 0.3) is 0 Å². The van der Waals surface area contributed by atoms with Gasteiger partial charge in [-0.1, -0.05) is 13.8 Å². The number of aliphatic carboxylic acids is 1. The first kappa shape index (κ1) is 11.9. The molecule has 1 saturated heterocycles. The number of carbonyl (C=O) groups is 1. The highest BCUT2D eigenvalue weighted by molar-refractivity contribution is 5.73. The molecule has 2 fully saturated rings. The molecule has 16 heavy (non-hydrogen) atoms. The number of nitrogens with one attached hydrogen (secondary N) is 1. The van der Waals surface area contributed by atoms with Crippen LogP contribution in [-0.2, 0) is 9.53 Å². The van der Waals surface area contributed by atoms with Gasteiger partial charge in [0.15, 0.2) is 0 Å². The Balaban J connectivity index is 1.93. The minimum Gasteiger partial charge on any atom is -0.480 e. The van der Waals surface area contributed by atoms with Crippen LogP contribution in [0.4, 0.5) is 0 Å². The van der Waals surface area contributed by atoms with Gasteiger partial charge in [-0.05, 0) is 31.1 Å². The fourth-order valence-electron chi connectivity index (χ4n) is 2.46. The molecule has 1 saturated carbocycles. The Morgan fingerprint density at radius 3 is 2.56 bits per heavy atom. The van der Waals surface area contributed by atoms with E-state index < -0.39 is 12.0 Å². The number of carboxylic acids is 1. The molecule has 1 aliphatic carbocycles. The van der Waals surface area contributed by atoms with Gasteiger partial charge in [0.05, 0.1) is 6.10 Å². The zero-order valence-corrected chi connectivity index (χ0v) is 9.98. The van der Waals surface area contributed by atoms with E-state index in [4.69, 9.17) is 9.84 Å². The molecule has 1 aliphatic heterocycles. The summed E-state index contributed by atoms with van der Waals surface area (Å²) in [7, 11) is 0. The molecule has 2 aliphatic rings. The van der Waals surface area contributed by atoms with Crippen LogP contribution in [0.2, 0.25) is 0 Å². The fraction of sp³-hybridized carbons (Fsp3) is 0.917. The zero-order valence-electron chi connectivity index (χ0n) is 9.98. The van der Waals surface area contributed by atoms with Crippen molar-refractivity contribution in [2.75, 3.05) is 6.61 Å². The highest BCUT2D eigenvalue weighted by Crippen LogP contribution is 2.38. The molecule has 0 aromatic rings. The van der Waals surface area contributed by atoms with E-state index in [1.807, 2.05) is 13.8 Å². The van der Waals surface area contributed by atoms with Crippen LogP contribution < -0.4 is 5.32 Å². The number of ether oxygens (including phenoxy) is 1. The molecule has 0 amide bonds. The summed E-state index contributed by atoms with van der Waals surface area (Å²) in [6.45, 7) is 4.64. The van der Waals surface area contributed by atoms with Gasteiger partial charge in [0.2, 0.25) is 0 Å². The number of hydrogen-bond donors (Lipinski definition) is 2. The topological polar surface area (TPSA) is 58.6 Å². The molecule has 3 atom stereocenters. The maximum absolute atomic E-state index is 11.1. The van der Waals surface area contributed by atoms with E-state index in [9.17, 15) is 4.79 Å². The molecule has 0 aromatic heterocycles. The monoisotopic (exact) mass is 227 g/mol. The van der Waals surface area contributed by atoms with Gasteiger partial charge in [-0.2, -0.15) is 0 Å². The summed E-state index contributed by atoms with van der Waals surface area (Å²) in [6.07, 6.45) is 3.67. The summed E-state index contributed by atoms with van der Waals surface area (Å²) in [5.74, 6) is 0.0241. The maximum Gasteiger partial charge on any atom is 0.320 e. The van der Waals surface area contributed by atoms with Crippen LogP contribution >= 0.6 is 0 Å². The van der Waals surface area contributed by atoms with Gasteiger partial charge >= 0.3 is 5.97 Å². The van der Waals surface area contributed by atoms with Crippen LogP contribution in [0.3, 0.4) is 0 Å². The molecule has 1 heterocycles. The average Bonchev–Trinajstić information content (AvgIpc) is 2.94. The van der Waals surface area contributed by atoms with Gasteiger partial charge in [0, 0.05) is 12.6 Å². The predicted molar refractivity (Wildman–Crippen MR) is 60.3 cm³/mol. The SMILES string of the molecule is CC(C)C(NC1CCOC1C1CC1)C(=O)O. The molecule has 3 unspecified atom stereocenters. The van der Waals surface area contributed by atoms with Crippen molar-refractivity contribution >= 4 is 5.97 Å². The summed E-state index contributed by atoms with van der Waals surface area (Å²) >= 11 is 0. The molecule has 92 valence electrons. The molecule has 0 radical (unpaired) electrons. The zero-order chi connectivity index (χ0) is 11.7. The summed E-state index contributed by atoms with van der Waals surface area (Å²) in [5, 5.41) is 12.4. The average molecular weight is 227 g/mol. The van der Waals surface area contributed by atoms with Gasteiger partial charge in [-0.15, -0.1) is 0 Å². The van der Waals surface area contributed by atoms with Crippen molar-refractivity contribution in [2.45, 2.75) is 51.3 Å². The van der Waals surface area contributed by atoms with Gasteiger partial charge in [0.1, 0.15) is 6.04 Å². The maximum atomic E-state index is 11.1. The van der Waals surface area contributed by atoms with E-state index in [1.165, 1.54) is 12.8 Å². The predicted octanol–water partition coefficient (Wildman–Crippen LogP) is 1.25. The standard InChI is InChI=1S/C12H21NO3/c1-7(2)10(12(14)15)13-9-5-6-16-11(9)8-3-4-8/h7-11,13H,3-6H2,1-2H3,(H,14,15). The van der Waals surface area contributed by atoms with E-state index >= 15 is 0 Å². The van der Waals surface area contributed by atoms with Crippen molar-refractivity contribution in [1.82, 2.24) is 5.32 Å². The van der Waals surface area contributed by atoms with Crippen LogP contribution in [0.25, 0.3) is 0 Å². The molecule has 0 spiro atoms. The second-order valence-corrected chi connectivity index (χ2v) is 5.29. The molecule has 2 N–H and O–H groups in total. The minimum atomic E-state index is -0.753. The van der Waals surface area contributed by atoms with Crippen LogP contribution in [0.1, 0.15) is 33.1 Å². The molecule has 4 nitrogen and oxygen atoms in total. The normalized spacial score (nSPS) is 31.9. The van der Waals surface area contributed by atoms with Crippen molar-refractivity contribution in [1.29, 1.82) is 0 Å². The first-order chi connectivity index (χ1) is 7.59. The Morgan fingerprint density at radius 1 is 1.38 bits per heavy atom. The first-order valence-corrected chi connectivity index (χ1v) is 6.20. The van der Waals surface area contributed by atoms with E-state index in [0.717, 1.165) is 13.0 Å². The lowest BCUT2D eigenvalue weighted by Gasteiger charge is -2.26. The molecule has 0 aromatic carbocycles. The third-order valence-electron chi connectivity index (χ3n) is 3.55. The van der Waals surface area contributed by atoms with Crippen molar-refractivity contribution in [3.8, 4) is 0 Å². The molecular formula is C12H21NO3. The lowest BCUT2D eigenvalue weighted by molar-refractivity contribution is -0.141. The molecule has 2 rings (SSSR count). The number of rotatable bonds is 5. The van der Waals surface area contributed by atoms with Crippen LogP contribution in [0.15, 0.2) is 0 Å². The fourth-order valence-corrected chi connectivity index (χ4v) is 2.46. The van der Waals surface area contributed by atoms with E-state index in [0.29, 0.717) is 5.92 Å². The van der Waals surface area contributed by atoms with Gasteiger partial charge in [-0.3, -0.25) is 10.1 Å². The molecule has 4 heteroatoms. The lowest BCUT2D eigenvalue weighted by atomic mass is 10.00. The summed E-state index contributed by atoms with van der Waals surface area (Å²) in [5.41, 5.74) is 0. The molecular weight excluding hydrogens is 206 g/mol. The second kappa shape index (κ2) is 4.72. The van der Waals surface area contributed by atoms with Crippen molar-refractivity contribution < 1.29 is 14.6 Å². The van der Waals surface area contributed by atoms with Crippen LogP contribution in [0, 0.1) is 11.8 Å². The quantitative estimate of drug-likeness (QED) is 0.742. The second-order valence-electron chi connectivity index (χ2n) is 5.29. The minimum absolute atomic E-state index is 0.109. The Labute approximate surface area is 96.4 Å². The Hall–Kier alpha value is -0.610. The number of carboxylic acid groups (broad SMARTS) is 1. The lowest BCUT2D eigenvalue weighted by Crippen LogP contribution is -2.49. The van der Waals surface area contributed by atoms with E-state index in [2.05, 4.69) is 5.32 Å². The van der Waals surface area contributed by atoms with Gasteiger partial charge in [-0.25, -0.2) is 0 Å². The highest BCUT2D eigenvalue weighted by Gasteiger charge is 2.42. The van der Waals surface area contributed by atoms with Crippen LogP contribution in [0.5, 0.6) is 0 Å². The van der Waals surface area contributed by atoms with E-state index in [-0.39, 0.29) is 18.1 Å². The van der Waals surface area contributed by atoms with E-state index in [1.54, 1.807) is 0 Å². The Bertz CT molecular complexity index is 263. The smallest absolute Gasteiger partial charge is 0.320 e. The largest absolute Gasteiger partial charge is 0.480 e. The summed E-state index contributed by atoms with van der Waals surface area (Å²) in [6, 6.07) is -0.219. The number of hydrogen-bond acceptors (Lipinski definition) is 3.